The molecule has 1 aromatic carbocycles. The van der Waals surface area contributed by atoms with Crippen LogP contribution < -0.4 is 0 Å². The molecule has 0 bridgehead atoms. The predicted octanol–water partition coefficient (Wildman–Crippen LogP) is 1.36. The molecule has 1 aliphatic rings. The molecule has 0 aromatic heterocycles. The number of non-ortho nitro benzene ring substituents is 2. The molecule has 0 aliphatic carbocycles. The number of carbonyl (C=O) groups excluding carboxylic acids is 1. The van der Waals surface area contributed by atoms with E-state index in [1.54, 1.807) is 6.92 Å². The van der Waals surface area contributed by atoms with E-state index in [0.717, 1.165) is 18.2 Å². The molecule has 9 nitrogen and oxygen atoms in total. The van der Waals surface area contributed by atoms with Crippen LogP contribution in [0.3, 0.4) is 0 Å². The molecule has 1 aromatic rings. The van der Waals surface area contributed by atoms with Crippen LogP contribution in [0.15, 0.2) is 18.2 Å². The monoisotopic (exact) mass is 295 g/mol. The van der Waals surface area contributed by atoms with E-state index in [-0.39, 0.29) is 11.7 Å². The number of rotatable bonds is 3. The van der Waals surface area contributed by atoms with Gasteiger partial charge in [-0.25, -0.2) is 0 Å². The molecule has 0 saturated carbocycles. The Balaban J connectivity index is 2.35. The van der Waals surface area contributed by atoms with Crippen LogP contribution in [0.2, 0.25) is 0 Å². The van der Waals surface area contributed by atoms with Crippen molar-refractivity contribution in [1.29, 1.82) is 0 Å². The fourth-order valence-electron chi connectivity index (χ4n) is 2.11. The van der Waals surface area contributed by atoms with E-state index in [4.69, 9.17) is 4.74 Å². The van der Waals surface area contributed by atoms with Crippen LogP contribution in [0.25, 0.3) is 0 Å². The molecule has 0 spiro atoms. The van der Waals surface area contributed by atoms with Crippen LogP contribution in [-0.2, 0) is 4.74 Å². The van der Waals surface area contributed by atoms with Crippen molar-refractivity contribution in [3.8, 4) is 0 Å². The number of ether oxygens (including phenoxy) is 1. The second-order valence-electron chi connectivity index (χ2n) is 4.68. The molecular weight excluding hydrogens is 282 g/mol. The zero-order valence-corrected chi connectivity index (χ0v) is 11.2. The Morgan fingerprint density at radius 2 is 1.81 bits per heavy atom. The lowest BCUT2D eigenvalue weighted by molar-refractivity contribution is -0.394. The molecule has 2 rings (SSSR count). The van der Waals surface area contributed by atoms with E-state index in [0.29, 0.717) is 19.7 Å². The molecule has 1 unspecified atom stereocenters. The molecule has 9 heteroatoms. The first-order valence-electron chi connectivity index (χ1n) is 6.23. The molecular formula is C12H13N3O6. The number of benzene rings is 1. The number of morpholine rings is 1. The van der Waals surface area contributed by atoms with Gasteiger partial charge >= 0.3 is 0 Å². The third-order valence-corrected chi connectivity index (χ3v) is 3.10. The van der Waals surface area contributed by atoms with Crippen molar-refractivity contribution >= 4 is 17.3 Å². The molecule has 1 saturated heterocycles. The maximum absolute atomic E-state index is 12.3. The van der Waals surface area contributed by atoms with Crippen molar-refractivity contribution in [3.63, 3.8) is 0 Å². The van der Waals surface area contributed by atoms with E-state index >= 15 is 0 Å². The summed E-state index contributed by atoms with van der Waals surface area (Å²) in [5.41, 5.74) is -1.02. The van der Waals surface area contributed by atoms with E-state index in [2.05, 4.69) is 0 Å². The lowest BCUT2D eigenvalue weighted by Crippen LogP contribution is -2.44. The highest BCUT2D eigenvalue weighted by molar-refractivity contribution is 5.95. The molecule has 21 heavy (non-hydrogen) atoms. The topological polar surface area (TPSA) is 116 Å². The van der Waals surface area contributed by atoms with Crippen molar-refractivity contribution in [2.24, 2.45) is 0 Å². The fraction of sp³-hybridized carbons (Fsp3) is 0.417. The van der Waals surface area contributed by atoms with Gasteiger partial charge in [0.15, 0.2) is 0 Å². The van der Waals surface area contributed by atoms with Gasteiger partial charge in [0, 0.05) is 25.2 Å². The quantitative estimate of drug-likeness (QED) is 0.614. The number of hydrogen-bond donors (Lipinski definition) is 0. The minimum atomic E-state index is -0.758. The predicted molar refractivity (Wildman–Crippen MR) is 71.1 cm³/mol. The van der Waals surface area contributed by atoms with Crippen LogP contribution >= 0.6 is 0 Å². The number of nitro groups is 2. The molecule has 0 radical (unpaired) electrons. The lowest BCUT2D eigenvalue weighted by atomic mass is 10.1. The average Bonchev–Trinajstić information content (AvgIpc) is 2.45. The van der Waals surface area contributed by atoms with E-state index in [1.165, 1.54) is 4.90 Å². The van der Waals surface area contributed by atoms with Gasteiger partial charge in [-0.05, 0) is 6.92 Å². The minimum Gasteiger partial charge on any atom is -0.375 e. The minimum absolute atomic E-state index is 0.0648. The van der Waals surface area contributed by atoms with Crippen molar-refractivity contribution < 1.29 is 19.4 Å². The number of nitro benzene ring substituents is 2. The highest BCUT2D eigenvalue weighted by atomic mass is 16.6. The Morgan fingerprint density at radius 1 is 1.24 bits per heavy atom. The summed E-state index contributed by atoms with van der Waals surface area (Å²) in [5.74, 6) is -0.475. The van der Waals surface area contributed by atoms with E-state index in [1.807, 2.05) is 0 Å². The molecule has 1 atom stereocenters. The maximum Gasteiger partial charge on any atom is 0.277 e. The summed E-state index contributed by atoms with van der Waals surface area (Å²) < 4.78 is 5.31. The van der Waals surface area contributed by atoms with E-state index < -0.39 is 27.1 Å². The zero-order valence-electron chi connectivity index (χ0n) is 11.2. The Labute approximate surface area is 119 Å². The van der Waals surface area contributed by atoms with Crippen LogP contribution in [0.4, 0.5) is 11.4 Å². The van der Waals surface area contributed by atoms with Gasteiger partial charge in [0.2, 0.25) is 0 Å². The van der Waals surface area contributed by atoms with Crippen molar-refractivity contribution in [1.82, 2.24) is 4.90 Å². The molecule has 1 fully saturated rings. The fourth-order valence-corrected chi connectivity index (χ4v) is 2.11. The summed E-state index contributed by atoms with van der Waals surface area (Å²) in [6.07, 6.45) is -0.142. The highest BCUT2D eigenvalue weighted by Gasteiger charge is 2.26. The lowest BCUT2D eigenvalue weighted by Gasteiger charge is -2.31. The summed E-state index contributed by atoms with van der Waals surface area (Å²) in [6.45, 7) is 2.86. The smallest absolute Gasteiger partial charge is 0.277 e. The van der Waals surface area contributed by atoms with Gasteiger partial charge in [-0.15, -0.1) is 0 Å². The molecule has 1 heterocycles. The van der Waals surface area contributed by atoms with Gasteiger partial charge in [-0.1, -0.05) is 0 Å². The SMILES string of the molecule is CC1CN(C(=O)c2cc([N+](=O)[O-])cc([N+](=O)[O-])c2)CCO1. The summed E-state index contributed by atoms with van der Waals surface area (Å²) in [4.78, 5) is 33.9. The maximum atomic E-state index is 12.3. The first kappa shape index (κ1) is 14.9. The van der Waals surface area contributed by atoms with Crippen LogP contribution in [-0.4, -0.2) is 46.5 Å². The third-order valence-electron chi connectivity index (χ3n) is 3.10. The Hall–Kier alpha value is -2.55. The number of nitrogens with zero attached hydrogens (tertiary/aromatic N) is 3. The zero-order chi connectivity index (χ0) is 15.6. The van der Waals surface area contributed by atoms with Crippen LogP contribution in [0.5, 0.6) is 0 Å². The highest BCUT2D eigenvalue weighted by Crippen LogP contribution is 2.24. The van der Waals surface area contributed by atoms with Gasteiger partial charge in [0.25, 0.3) is 17.3 Å². The Morgan fingerprint density at radius 3 is 2.29 bits per heavy atom. The normalized spacial score (nSPS) is 18.3. The third kappa shape index (κ3) is 3.31. The van der Waals surface area contributed by atoms with Gasteiger partial charge in [-0.2, -0.15) is 0 Å². The molecule has 0 N–H and O–H groups in total. The first-order valence-corrected chi connectivity index (χ1v) is 6.23. The average molecular weight is 295 g/mol. The van der Waals surface area contributed by atoms with Crippen molar-refractivity contribution in [3.05, 3.63) is 44.0 Å². The number of carbonyl (C=O) groups is 1. The second-order valence-corrected chi connectivity index (χ2v) is 4.68. The second kappa shape index (κ2) is 5.83. The first-order chi connectivity index (χ1) is 9.88. The summed E-state index contributed by atoms with van der Waals surface area (Å²) in [7, 11) is 0. The molecule has 1 amide bonds. The molecule has 1 aliphatic heterocycles. The van der Waals surface area contributed by atoms with Gasteiger partial charge in [0.05, 0.1) is 34.2 Å². The van der Waals surface area contributed by atoms with Gasteiger partial charge in [-0.3, -0.25) is 25.0 Å². The molecule has 112 valence electrons. The summed E-state index contributed by atoms with van der Waals surface area (Å²) >= 11 is 0. The Kier molecular flexibility index (Phi) is 4.13. The van der Waals surface area contributed by atoms with E-state index in [9.17, 15) is 25.0 Å². The van der Waals surface area contributed by atoms with Crippen molar-refractivity contribution in [2.75, 3.05) is 19.7 Å². The number of amides is 1. The summed E-state index contributed by atoms with van der Waals surface area (Å²) in [5, 5.41) is 21.6. The number of hydrogen-bond acceptors (Lipinski definition) is 6. The Bertz CT molecular complexity index is 570. The van der Waals surface area contributed by atoms with Crippen molar-refractivity contribution in [2.45, 2.75) is 13.0 Å². The van der Waals surface area contributed by atoms with Crippen LogP contribution in [0.1, 0.15) is 17.3 Å². The van der Waals surface area contributed by atoms with Gasteiger partial charge in [0.1, 0.15) is 0 Å². The largest absolute Gasteiger partial charge is 0.375 e. The standard InChI is InChI=1S/C12H13N3O6/c1-8-7-13(2-3-21-8)12(16)9-4-10(14(17)18)6-11(5-9)15(19)20/h4-6,8H,2-3,7H2,1H3. The van der Waals surface area contributed by atoms with Gasteiger partial charge < -0.3 is 9.64 Å². The summed E-state index contributed by atoms with van der Waals surface area (Å²) in [6, 6.07) is 2.93. The van der Waals surface area contributed by atoms with Crippen LogP contribution in [0, 0.1) is 20.2 Å².